The average Bonchev–Trinajstić information content (AvgIpc) is 2.42. The first-order chi connectivity index (χ1) is 9.16. The second-order valence-electron chi connectivity index (χ2n) is 4.16. The smallest absolute Gasteiger partial charge is 0.248 e. The van der Waals surface area contributed by atoms with Gasteiger partial charge < -0.3 is 16.8 Å². The molecule has 0 atom stereocenters. The van der Waals surface area contributed by atoms with Crippen molar-refractivity contribution in [1.82, 2.24) is 4.98 Å². The summed E-state index contributed by atoms with van der Waals surface area (Å²) in [4.78, 5) is 15.3. The molecule has 1 aromatic carbocycles. The minimum absolute atomic E-state index is 0.439. The fourth-order valence-corrected chi connectivity index (χ4v) is 1.73. The third-order valence-electron chi connectivity index (χ3n) is 2.76. The summed E-state index contributed by atoms with van der Waals surface area (Å²) in [5.41, 5.74) is 13.8. The molecule has 0 unspecified atom stereocenters. The topological polar surface area (TPSA) is 94.0 Å². The molecule has 19 heavy (non-hydrogen) atoms. The summed E-state index contributed by atoms with van der Waals surface area (Å²) < 4.78 is 0. The summed E-state index contributed by atoms with van der Waals surface area (Å²) in [5, 5.41) is 3.18. The first-order valence-corrected chi connectivity index (χ1v) is 6.00. The molecule has 5 heteroatoms. The van der Waals surface area contributed by atoms with Gasteiger partial charge in [-0.1, -0.05) is 6.07 Å². The van der Waals surface area contributed by atoms with Crippen LogP contribution in [-0.4, -0.2) is 17.4 Å². The molecule has 1 aromatic heterocycles. The van der Waals surface area contributed by atoms with E-state index in [1.165, 1.54) is 0 Å². The number of aromatic nitrogens is 1. The fraction of sp³-hybridized carbons (Fsp3) is 0.143. The van der Waals surface area contributed by atoms with Crippen LogP contribution in [-0.2, 0) is 6.42 Å². The van der Waals surface area contributed by atoms with E-state index in [1.807, 2.05) is 18.2 Å². The molecule has 0 aliphatic heterocycles. The van der Waals surface area contributed by atoms with Crippen molar-refractivity contribution in [3.05, 3.63) is 53.9 Å². The highest BCUT2D eigenvalue weighted by Crippen LogP contribution is 2.19. The number of amides is 1. The van der Waals surface area contributed by atoms with Gasteiger partial charge in [-0.15, -0.1) is 0 Å². The third kappa shape index (κ3) is 3.45. The molecule has 2 aromatic rings. The lowest BCUT2D eigenvalue weighted by atomic mass is 10.1. The van der Waals surface area contributed by atoms with E-state index in [4.69, 9.17) is 11.5 Å². The Morgan fingerprint density at radius 2 is 2.11 bits per heavy atom. The largest absolute Gasteiger partial charge is 0.397 e. The van der Waals surface area contributed by atoms with Crippen molar-refractivity contribution in [2.45, 2.75) is 6.42 Å². The molecule has 0 bridgehead atoms. The number of primary amides is 1. The van der Waals surface area contributed by atoms with Crippen molar-refractivity contribution in [2.75, 3.05) is 17.6 Å². The van der Waals surface area contributed by atoms with Crippen molar-refractivity contribution >= 4 is 17.3 Å². The highest BCUT2D eigenvalue weighted by molar-refractivity contribution is 5.94. The Labute approximate surface area is 111 Å². The highest BCUT2D eigenvalue weighted by Gasteiger charge is 2.04. The quantitative estimate of drug-likeness (QED) is 0.705. The molecule has 0 saturated heterocycles. The number of nitrogen functional groups attached to an aromatic ring is 1. The van der Waals surface area contributed by atoms with Crippen LogP contribution in [0, 0.1) is 0 Å². The lowest BCUT2D eigenvalue weighted by Gasteiger charge is -2.10. The summed E-state index contributed by atoms with van der Waals surface area (Å²) in [6.45, 7) is 0.684. The van der Waals surface area contributed by atoms with Crippen LogP contribution >= 0.6 is 0 Å². The van der Waals surface area contributed by atoms with Gasteiger partial charge in [0.25, 0.3) is 0 Å². The van der Waals surface area contributed by atoms with Gasteiger partial charge in [0.2, 0.25) is 5.91 Å². The fourth-order valence-electron chi connectivity index (χ4n) is 1.73. The summed E-state index contributed by atoms with van der Waals surface area (Å²) in [6.07, 6.45) is 2.54. The van der Waals surface area contributed by atoms with Crippen molar-refractivity contribution in [3.8, 4) is 0 Å². The van der Waals surface area contributed by atoms with E-state index in [-0.39, 0.29) is 0 Å². The number of hydrogen-bond acceptors (Lipinski definition) is 4. The normalized spacial score (nSPS) is 10.1. The Kier molecular flexibility index (Phi) is 3.97. The number of pyridine rings is 1. The number of nitrogens with one attached hydrogen (secondary N) is 1. The Morgan fingerprint density at radius 3 is 2.79 bits per heavy atom. The molecule has 5 nitrogen and oxygen atoms in total. The zero-order valence-corrected chi connectivity index (χ0v) is 10.5. The Balaban J connectivity index is 1.99. The van der Waals surface area contributed by atoms with Crippen molar-refractivity contribution in [3.63, 3.8) is 0 Å². The molecule has 1 amide bonds. The van der Waals surface area contributed by atoms with Gasteiger partial charge >= 0.3 is 0 Å². The average molecular weight is 256 g/mol. The van der Waals surface area contributed by atoms with E-state index in [2.05, 4.69) is 10.3 Å². The first kappa shape index (κ1) is 12.9. The third-order valence-corrected chi connectivity index (χ3v) is 2.76. The molecule has 0 aliphatic rings. The van der Waals surface area contributed by atoms with Gasteiger partial charge in [-0.25, -0.2) is 0 Å². The van der Waals surface area contributed by atoms with Crippen LogP contribution in [0.5, 0.6) is 0 Å². The lowest BCUT2D eigenvalue weighted by Crippen LogP contribution is -2.13. The first-order valence-electron chi connectivity index (χ1n) is 6.00. The van der Waals surface area contributed by atoms with Crippen LogP contribution in [0.2, 0.25) is 0 Å². The van der Waals surface area contributed by atoms with Gasteiger partial charge in [-0.05, 0) is 30.3 Å². The molecule has 1 heterocycles. The molecule has 0 aliphatic carbocycles. The second kappa shape index (κ2) is 5.86. The number of benzene rings is 1. The standard InChI is InChI=1S/C14H16N4O/c15-12-5-4-10(14(16)19)9-13(12)18-8-6-11-3-1-2-7-17-11/h1-5,7,9,18H,6,8,15H2,(H2,16,19). The van der Waals surface area contributed by atoms with E-state index in [0.717, 1.165) is 12.1 Å². The summed E-state index contributed by atoms with van der Waals surface area (Å²) >= 11 is 0. The van der Waals surface area contributed by atoms with Gasteiger partial charge in [0.1, 0.15) is 0 Å². The van der Waals surface area contributed by atoms with Crippen molar-refractivity contribution in [2.24, 2.45) is 5.73 Å². The van der Waals surface area contributed by atoms with Gasteiger partial charge in [-0.2, -0.15) is 0 Å². The minimum atomic E-state index is -0.465. The number of hydrogen-bond donors (Lipinski definition) is 3. The van der Waals surface area contributed by atoms with Gasteiger partial charge in [0, 0.05) is 30.4 Å². The SMILES string of the molecule is NC(=O)c1ccc(N)c(NCCc2ccccn2)c1. The highest BCUT2D eigenvalue weighted by atomic mass is 16.1. The molecule has 5 N–H and O–H groups in total. The van der Waals surface area contributed by atoms with Gasteiger partial charge in [0.05, 0.1) is 11.4 Å². The monoisotopic (exact) mass is 256 g/mol. The van der Waals surface area contributed by atoms with Crippen LogP contribution in [0.25, 0.3) is 0 Å². The van der Waals surface area contributed by atoms with Gasteiger partial charge in [-0.3, -0.25) is 9.78 Å². The number of nitrogens with two attached hydrogens (primary N) is 2. The maximum Gasteiger partial charge on any atom is 0.248 e. The predicted molar refractivity (Wildman–Crippen MR) is 75.8 cm³/mol. The minimum Gasteiger partial charge on any atom is -0.397 e. The van der Waals surface area contributed by atoms with E-state index in [1.54, 1.807) is 24.4 Å². The van der Waals surface area contributed by atoms with E-state index >= 15 is 0 Å². The van der Waals surface area contributed by atoms with Crippen molar-refractivity contribution < 1.29 is 4.79 Å². The summed E-state index contributed by atoms with van der Waals surface area (Å²) in [5.74, 6) is -0.465. The maximum absolute atomic E-state index is 11.1. The molecule has 0 radical (unpaired) electrons. The second-order valence-corrected chi connectivity index (χ2v) is 4.16. The van der Waals surface area contributed by atoms with E-state index in [0.29, 0.717) is 23.5 Å². The number of carbonyl (C=O) groups excluding carboxylic acids is 1. The molecule has 0 spiro atoms. The van der Waals surface area contributed by atoms with Gasteiger partial charge in [0.15, 0.2) is 0 Å². The van der Waals surface area contributed by atoms with E-state index < -0.39 is 5.91 Å². The van der Waals surface area contributed by atoms with E-state index in [9.17, 15) is 4.79 Å². The molecule has 98 valence electrons. The number of rotatable bonds is 5. The van der Waals surface area contributed by atoms with Crippen molar-refractivity contribution in [1.29, 1.82) is 0 Å². The van der Waals surface area contributed by atoms with Crippen LogP contribution < -0.4 is 16.8 Å². The summed E-state index contributed by atoms with van der Waals surface area (Å²) in [7, 11) is 0. The predicted octanol–water partition coefficient (Wildman–Crippen LogP) is 1.42. The number of carbonyl (C=O) groups is 1. The van der Waals surface area contributed by atoms with Crippen LogP contribution in [0.3, 0.4) is 0 Å². The Hall–Kier alpha value is -2.56. The van der Waals surface area contributed by atoms with Crippen LogP contribution in [0.1, 0.15) is 16.1 Å². The molecular weight excluding hydrogens is 240 g/mol. The maximum atomic E-state index is 11.1. The molecular formula is C14H16N4O. The Bertz CT molecular complexity index is 569. The Morgan fingerprint density at radius 1 is 1.26 bits per heavy atom. The number of anilines is 2. The summed E-state index contributed by atoms with van der Waals surface area (Å²) in [6, 6.07) is 10.7. The molecule has 0 fully saturated rings. The lowest BCUT2D eigenvalue weighted by molar-refractivity contribution is 0.100. The zero-order chi connectivity index (χ0) is 13.7. The molecule has 0 saturated carbocycles. The molecule has 2 rings (SSSR count). The number of nitrogens with zero attached hydrogens (tertiary/aromatic N) is 1. The van der Waals surface area contributed by atoms with Crippen LogP contribution in [0.4, 0.5) is 11.4 Å². The zero-order valence-electron chi connectivity index (χ0n) is 10.5. The van der Waals surface area contributed by atoms with Crippen LogP contribution in [0.15, 0.2) is 42.6 Å².